The standard InChI is InChI=1S/C19H27N3S.C4H4O4/c1-15(2)4-5-18-12-17(16-6-11-23-14-16)13-19(20-18)22-9-7-21(3)8-10-22;5-3(6)1-2-4(7)8/h6,11-15H,4-5,7-10H2,1-3H3;1-2H,(H,5,6)(H,7,8)/b;2-1+. The number of anilines is 1. The molecular weight excluding hydrogens is 414 g/mol. The average molecular weight is 446 g/mol. The first-order valence-electron chi connectivity index (χ1n) is 10.4. The fourth-order valence-electron chi connectivity index (χ4n) is 3.07. The van der Waals surface area contributed by atoms with Gasteiger partial charge >= 0.3 is 11.9 Å². The van der Waals surface area contributed by atoms with E-state index in [2.05, 4.69) is 59.7 Å². The summed E-state index contributed by atoms with van der Waals surface area (Å²) < 4.78 is 0. The van der Waals surface area contributed by atoms with E-state index in [1.807, 2.05) is 0 Å². The van der Waals surface area contributed by atoms with E-state index in [1.165, 1.54) is 23.2 Å². The minimum absolute atomic E-state index is 0.558. The van der Waals surface area contributed by atoms with Gasteiger partial charge < -0.3 is 20.0 Å². The molecule has 31 heavy (non-hydrogen) atoms. The van der Waals surface area contributed by atoms with E-state index in [0.717, 1.165) is 38.4 Å². The summed E-state index contributed by atoms with van der Waals surface area (Å²) in [6.45, 7) is 8.94. The number of piperazine rings is 1. The minimum Gasteiger partial charge on any atom is -0.478 e. The van der Waals surface area contributed by atoms with Crippen LogP contribution in [0.3, 0.4) is 0 Å². The molecule has 1 aliphatic rings. The van der Waals surface area contributed by atoms with Gasteiger partial charge in [0, 0.05) is 44.0 Å². The van der Waals surface area contributed by atoms with Gasteiger partial charge in [-0.2, -0.15) is 11.3 Å². The Balaban J connectivity index is 0.000000366. The first-order chi connectivity index (χ1) is 14.7. The number of hydrogen-bond acceptors (Lipinski definition) is 6. The SMILES string of the molecule is CC(C)CCc1cc(-c2ccsc2)cc(N2CCN(C)CC2)n1.O=C(O)/C=C/C(=O)O. The van der Waals surface area contributed by atoms with Crippen molar-refractivity contribution in [3.8, 4) is 11.1 Å². The van der Waals surface area contributed by atoms with Crippen LogP contribution in [-0.4, -0.2) is 65.3 Å². The third kappa shape index (κ3) is 8.90. The van der Waals surface area contributed by atoms with Crippen LogP contribution in [0.1, 0.15) is 26.0 Å². The van der Waals surface area contributed by atoms with Crippen molar-refractivity contribution in [2.24, 2.45) is 5.92 Å². The van der Waals surface area contributed by atoms with Gasteiger partial charge in [-0.25, -0.2) is 14.6 Å². The lowest BCUT2D eigenvalue weighted by molar-refractivity contribution is -0.134. The monoisotopic (exact) mass is 445 g/mol. The molecule has 1 saturated heterocycles. The number of aliphatic carboxylic acids is 2. The fourth-order valence-corrected chi connectivity index (χ4v) is 3.74. The number of thiophene rings is 1. The number of carbonyl (C=O) groups is 2. The highest BCUT2D eigenvalue weighted by molar-refractivity contribution is 7.08. The lowest BCUT2D eigenvalue weighted by atomic mass is 10.0. The molecule has 7 nitrogen and oxygen atoms in total. The van der Waals surface area contributed by atoms with Crippen molar-refractivity contribution in [3.05, 3.63) is 46.8 Å². The summed E-state index contributed by atoms with van der Waals surface area (Å²) in [6, 6.07) is 6.76. The molecule has 0 saturated carbocycles. The molecule has 0 amide bonds. The molecule has 0 bridgehead atoms. The molecular formula is C23H31N3O4S. The number of likely N-dealkylation sites (N-methyl/N-ethyl adjacent to an activating group) is 1. The zero-order valence-electron chi connectivity index (χ0n) is 18.3. The van der Waals surface area contributed by atoms with Crippen LogP contribution in [0.4, 0.5) is 5.82 Å². The van der Waals surface area contributed by atoms with Crippen LogP contribution in [0, 0.1) is 5.92 Å². The third-order valence-electron chi connectivity index (χ3n) is 4.89. The molecule has 0 unspecified atom stereocenters. The van der Waals surface area contributed by atoms with Crippen LogP contribution >= 0.6 is 11.3 Å². The van der Waals surface area contributed by atoms with Gasteiger partial charge in [-0.05, 0) is 65.9 Å². The van der Waals surface area contributed by atoms with Gasteiger partial charge in [0.2, 0.25) is 0 Å². The summed E-state index contributed by atoms with van der Waals surface area (Å²) >= 11 is 1.76. The van der Waals surface area contributed by atoms with Crippen LogP contribution in [0.5, 0.6) is 0 Å². The number of rotatable bonds is 7. The van der Waals surface area contributed by atoms with E-state index < -0.39 is 11.9 Å². The molecule has 3 heterocycles. The molecule has 2 aromatic rings. The normalized spacial score (nSPS) is 14.5. The predicted molar refractivity (Wildman–Crippen MR) is 125 cm³/mol. The highest BCUT2D eigenvalue weighted by Gasteiger charge is 2.17. The molecule has 0 aliphatic carbocycles. The lowest BCUT2D eigenvalue weighted by Crippen LogP contribution is -2.44. The molecule has 8 heteroatoms. The molecule has 0 aromatic carbocycles. The van der Waals surface area contributed by atoms with Crippen LogP contribution < -0.4 is 4.90 Å². The molecule has 1 aliphatic heterocycles. The number of carboxylic acids is 2. The van der Waals surface area contributed by atoms with Gasteiger partial charge in [0.15, 0.2) is 0 Å². The van der Waals surface area contributed by atoms with Gasteiger partial charge in [-0.3, -0.25) is 0 Å². The Labute approximate surface area is 187 Å². The van der Waals surface area contributed by atoms with Crippen LogP contribution in [0.15, 0.2) is 41.1 Å². The zero-order chi connectivity index (χ0) is 22.8. The highest BCUT2D eigenvalue weighted by Crippen LogP contribution is 2.27. The summed E-state index contributed by atoms with van der Waals surface area (Å²) in [6.07, 6.45) is 3.38. The van der Waals surface area contributed by atoms with Crippen molar-refractivity contribution in [1.29, 1.82) is 0 Å². The van der Waals surface area contributed by atoms with Crippen LogP contribution in [0.2, 0.25) is 0 Å². The van der Waals surface area contributed by atoms with E-state index >= 15 is 0 Å². The van der Waals surface area contributed by atoms with Gasteiger partial charge in [-0.15, -0.1) is 0 Å². The summed E-state index contributed by atoms with van der Waals surface area (Å²) in [4.78, 5) is 28.9. The van der Waals surface area contributed by atoms with Gasteiger partial charge in [0.25, 0.3) is 0 Å². The number of aromatic nitrogens is 1. The van der Waals surface area contributed by atoms with E-state index in [1.54, 1.807) is 11.3 Å². The van der Waals surface area contributed by atoms with E-state index in [-0.39, 0.29) is 0 Å². The summed E-state index contributed by atoms with van der Waals surface area (Å²) in [5.74, 6) is -0.644. The number of carboxylic acid groups (broad SMARTS) is 2. The van der Waals surface area contributed by atoms with Crippen molar-refractivity contribution in [3.63, 3.8) is 0 Å². The Morgan fingerprint density at radius 3 is 2.26 bits per heavy atom. The Bertz CT molecular complexity index is 857. The Kier molecular flexibility index (Phi) is 9.68. The molecule has 0 spiro atoms. The van der Waals surface area contributed by atoms with E-state index in [4.69, 9.17) is 15.2 Å². The second-order valence-electron chi connectivity index (χ2n) is 7.95. The maximum Gasteiger partial charge on any atom is 0.328 e. The summed E-state index contributed by atoms with van der Waals surface area (Å²) in [5.41, 5.74) is 3.86. The molecule has 0 radical (unpaired) electrons. The highest BCUT2D eigenvalue weighted by atomic mass is 32.1. The first-order valence-corrected chi connectivity index (χ1v) is 11.3. The number of hydrogen-bond donors (Lipinski definition) is 2. The Morgan fingerprint density at radius 1 is 1.10 bits per heavy atom. The lowest BCUT2D eigenvalue weighted by Gasteiger charge is -2.33. The van der Waals surface area contributed by atoms with Crippen molar-refractivity contribution in [2.75, 3.05) is 38.1 Å². The number of pyridine rings is 1. The van der Waals surface area contributed by atoms with Crippen molar-refractivity contribution in [2.45, 2.75) is 26.7 Å². The van der Waals surface area contributed by atoms with Crippen molar-refractivity contribution in [1.82, 2.24) is 9.88 Å². The topological polar surface area (TPSA) is 94.0 Å². The number of aryl methyl sites for hydroxylation is 1. The summed E-state index contributed by atoms with van der Waals surface area (Å²) in [5, 5.41) is 20.0. The largest absolute Gasteiger partial charge is 0.478 e. The fraction of sp³-hybridized carbons (Fsp3) is 0.435. The molecule has 0 atom stereocenters. The second-order valence-corrected chi connectivity index (χ2v) is 8.73. The van der Waals surface area contributed by atoms with Gasteiger partial charge in [0.1, 0.15) is 5.82 Å². The Morgan fingerprint density at radius 2 is 1.74 bits per heavy atom. The molecule has 168 valence electrons. The quantitative estimate of drug-likeness (QED) is 0.625. The van der Waals surface area contributed by atoms with Crippen LogP contribution in [0.25, 0.3) is 11.1 Å². The number of nitrogens with zero attached hydrogens (tertiary/aromatic N) is 3. The first kappa shape index (κ1) is 24.6. The Hall–Kier alpha value is -2.71. The maximum absolute atomic E-state index is 9.55. The molecule has 2 aromatic heterocycles. The molecule has 2 N–H and O–H groups in total. The van der Waals surface area contributed by atoms with E-state index in [9.17, 15) is 9.59 Å². The molecule has 3 rings (SSSR count). The van der Waals surface area contributed by atoms with Crippen LogP contribution in [-0.2, 0) is 16.0 Å². The maximum atomic E-state index is 9.55. The third-order valence-corrected chi connectivity index (χ3v) is 5.58. The van der Waals surface area contributed by atoms with Gasteiger partial charge in [0.05, 0.1) is 0 Å². The predicted octanol–water partition coefficient (Wildman–Crippen LogP) is 3.86. The molecule has 1 fully saturated rings. The summed E-state index contributed by atoms with van der Waals surface area (Å²) in [7, 11) is 2.20. The zero-order valence-corrected chi connectivity index (χ0v) is 19.1. The van der Waals surface area contributed by atoms with E-state index in [0.29, 0.717) is 18.1 Å². The van der Waals surface area contributed by atoms with Gasteiger partial charge in [-0.1, -0.05) is 13.8 Å². The van der Waals surface area contributed by atoms with Crippen molar-refractivity contribution < 1.29 is 19.8 Å². The van der Waals surface area contributed by atoms with Crippen molar-refractivity contribution >= 4 is 29.1 Å². The minimum atomic E-state index is -1.26. The second kappa shape index (κ2) is 12.2. The average Bonchev–Trinajstić information content (AvgIpc) is 3.26. The smallest absolute Gasteiger partial charge is 0.328 e.